The molecule has 16 heteroatoms. The van der Waals surface area contributed by atoms with Crippen LogP contribution in [0.1, 0.15) is 13.8 Å². The number of fused-ring (bicyclic) bond motifs is 5. The summed E-state index contributed by atoms with van der Waals surface area (Å²) in [4.78, 5) is 44.7. The summed E-state index contributed by atoms with van der Waals surface area (Å²) in [6.45, 7) is 2.91. The van der Waals surface area contributed by atoms with Gasteiger partial charge in [0, 0.05) is 42.2 Å². The van der Waals surface area contributed by atoms with Crippen LogP contribution in [0.3, 0.4) is 0 Å². The van der Waals surface area contributed by atoms with Gasteiger partial charge in [-0.2, -0.15) is 13.2 Å². The molecule has 0 spiro atoms. The van der Waals surface area contributed by atoms with Crippen molar-refractivity contribution in [3.8, 4) is 0 Å². The topological polar surface area (TPSA) is 190 Å². The van der Waals surface area contributed by atoms with E-state index in [1.165, 1.54) is 35.3 Å². The van der Waals surface area contributed by atoms with Crippen LogP contribution in [0, 0.1) is 11.8 Å². The fourth-order valence-electron chi connectivity index (χ4n) is 3.44. The molecular formula is C18H28F3NO12. The van der Waals surface area contributed by atoms with Crippen molar-refractivity contribution in [3.63, 3.8) is 0 Å². The van der Waals surface area contributed by atoms with Crippen LogP contribution >= 0.6 is 0 Å². The van der Waals surface area contributed by atoms with Crippen molar-refractivity contribution in [1.82, 2.24) is 4.90 Å². The lowest BCUT2D eigenvalue weighted by molar-refractivity contribution is -0.340. The highest BCUT2D eigenvalue weighted by Crippen LogP contribution is 2.49. The Balaban J connectivity index is 0.000000575. The minimum atomic E-state index is -5.08. The molecule has 0 aromatic carbocycles. The Hall–Kier alpha value is -2.37. The number of rotatable bonds is 4. The Morgan fingerprint density at radius 3 is 1.68 bits per heavy atom. The molecule has 0 aromatic rings. The molecule has 0 saturated carbocycles. The molecule has 198 valence electrons. The molecule has 3 aliphatic heterocycles. The zero-order chi connectivity index (χ0) is 25.9. The number of aliphatic hydroxyl groups excluding tert-OH is 1. The van der Waals surface area contributed by atoms with Gasteiger partial charge in [0.15, 0.2) is 6.10 Å². The lowest BCUT2D eigenvalue weighted by Crippen LogP contribution is -2.49. The standard InChI is InChI=1S/C11H13NO6.C5H12O3.C2HF3O2.H2O/c1-3(13)17-9-6(14)7-4-5(8(9)18-7)11(16)12(2)10(4)15;1-5(6-2,7-3)8-4;3-2(4,5)1(6)7;/h4-9,14H,1-2H3;1-4H3;(H,6,7);1H2/t4?,5?,6-,7+,8?,9?;;;/m1.../s1. The molecule has 0 aromatic heterocycles. The molecule has 3 saturated heterocycles. The summed E-state index contributed by atoms with van der Waals surface area (Å²) in [6, 6.07) is 0. The van der Waals surface area contributed by atoms with E-state index in [-0.39, 0.29) is 17.3 Å². The van der Waals surface area contributed by atoms with Crippen molar-refractivity contribution >= 4 is 23.8 Å². The summed E-state index contributed by atoms with van der Waals surface area (Å²) in [7, 11) is 5.97. The molecule has 0 aliphatic carbocycles. The van der Waals surface area contributed by atoms with E-state index in [0.717, 1.165) is 4.90 Å². The molecule has 3 heterocycles. The summed E-state index contributed by atoms with van der Waals surface area (Å²) in [5.74, 6) is -6.13. The molecule has 3 rings (SSSR count). The van der Waals surface area contributed by atoms with E-state index in [1.54, 1.807) is 6.92 Å². The first kappa shape index (κ1) is 31.6. The van der Waals surface area contributed by atoms with Crippen LogP contribution in [0.4, 0.5) is 13.2 Å². The summed E-state index contributed by atoms with van der Waals surface area (Å²) in [5.41, 5.74) is 0. The number of imide groups is 1. The third kappa shape index (κ3) is 6.61. The quantitative estimate of drug-likeness (QED) is 0.261. The van der Waals surface area contributed by atoms with Crippen molar-refractivity contribution in [2.24, 2.45) is 11.8 Å². The highest BCUT2D eigenvalue weighted by molar-refractivity contribution is 6.06. The van der Waals surface area contributed by atoms with Crippen molar-refractivity contribution in [2.45, 2.75) is 50.4 Å². The van der Waals surface area contributed by atoms with Gasteiger partial charge < -0.3 is 39.4 Å². The lowest BCUT2D eigenvalue weighted by atomic mass is 9.78. The monoisotopic (exact) mass is 507 g/mol. The predicted molar refractivity (Wildman–Crippen MR) is 102 cm³/mol. The number of hydrogen-bond donors (Lipinski definition) is 2. The van der Waals surface area contributed by atoms with Crippen LogP contribution in [-0.2, 0) is 42.9 Å². The summed E-state index contributed by atoms with van der Waals surface area (Å²) in [5, 5.41) is 17.1. The van der Waals surface area contributed by atoms with Crippen LogP contribution in [0.5, 0.6) is 0 Å². The van der Waals surface area contributed by atoms with E-state index in [4.69, 9.17) is 33.6 Å². The van der Waals surface area contributed by atoms with Crippen molar-refractivity contribution in [3.05, 3.63) is 0 Å². The molecule has 6 atom stereocenters. The van der Waals surface area contributed by atoms with Crippen LogP contribution in [-0.4, -0.2) is 109 Å². The second-order valence-corrected chi connectivity index (χ2v) is 7.19. The number of carbonyl (C=O) groups excluding carboxylic acids is 3. The SMILES string of the molecule is CC(=O)OC1C2O[C@@H](C3C(=O)N(C)C(=O)C23)[C@H]1O.COC(C)(OC)OC.O.O=C(O)C(F)(F)F. The smallest absolute Gasteiger partial charge is 0.475 e. The highest BCUT2D eigenvalue weighted by atomic mass is 19.4. The second kappa shape index (κ2) is 11.9. The fourth-order valence-corrected chi connectivity index (χ4v) is 3.44. The fraction of sp³-hybridized carbons (Fsp3) is 0.778. The van der Waals surface area contributed by atoms with Crippen LogP contribution in [0.2, 0.25) is 0 Å². The minimum absolute atomic E-state index is 0. The molecular weight excluding hydrogens is 479 g/mol. The number of likely N-dealkylation sites (tertiary alicyclic amines) is 1. The van der Waals surface area contributed by atoms with Gasteiger partial charge >= 0.3 is 18.1 Å². The van der Waals surface area contributed by atoms with Gasteiger partial charge in [0.2, 0.25) is 11.8 Å². The van der Waals surface area contributed by atoms with E-state index in [0.29, 0.717) is 0 Å². The Morgan fingerprint density at radius 2 is 1.38 bits per heavy atom. The van der Waals surface area contributed by atoms with Crippen molar-refractivity contribution in [1.29, 1.82) is 0 Å². The normalized spacial score (nSPS) is 29.3. The van der Waals surface area contributed by atoms with Gasteiger partial charge in [-0.1, -0.05) is 0 Å². The van der Waals surface area contributed by atoms with Gasteiger partial charge in [0.1, 0.15) is 18.3 Å². The number of carbonyl (C=O) groups is 4. The van der Waals surface area contributed by atoms with Crippen LogP contribution < -0.4 is 0 Å². The maximum atomic E-state index is 11.9. The zero-order valence-electron chi connectivity index (χ0n) is 19.1. The molecule has 0 radical (unpaired) electrons. The Kier molecular flexibility index (Phi) is 11.0. The Bertz CT molecular complexity index is 747. The summed E-state index contributed by atoms with van der Waals surface area (Å²) in [6.07, 6.45) is -8.48. The number of ether oxygens (including phenoxy) is 5. The molecule has 3 aliphatic rings. The molecule has 4 N–H and O–H groups in total. The van der Waals surface area contributed by atoms with Gasteiger partial charge in [-0.15, -0.1) is 0 Å². The van der Waals surface area contributed by atoms with Crippen LogP contribution in [0.15, 0.2) is 0 Å². The number of halogens is 3. The highest BCUT2D eigenvalue weighted by Gasteiger charge is 2.69. The Morgan fingerprint density at radius 1 is 1.00 bits per heavy atom. The molecule has 34 heavy (non-hydrogen) atoms. The van der Waals surface area contributed by atoms with Gasteiger partial charge in [-0.25, -0.2) is 4.79 Å². The van der Waals surface area contributed by atoms with Gasteiger partial charge in [0.25, 0.3) is 5.97 Å². The van der Waals surface area contributed by atoms with E-state index in [9.17, 15) is 32.7 Å². The van der Waals surface area contributed by atoms with E-state index < -0.39 is 60.3 Å². The Labute approximate surface area is 191 Å². The number of esters is 1. The number of alkyl halides is 3. The number of carboxylic acid groups (broad SMARTS) is 1. The second-order valence-electron chi connectivity index (χ2n) is 7.19. The number of amides is 2. The average Bonchev–Trinajstić information content (AvgIpc) is 3.34. The van der Waals surface area contributed by atoms with Gasteiger partial charge in [0.05, 0.1) is 11.8 Å². The molecule has 2 amide bonds. The maximum Gasteiger partial charge on any atom is 0.490 e. The maximum absolute atomic E-state index is 11.9. The number of nitrogens with zero attached hydrogens (tertiary/aromatic N) is 1. The first-order chi connectivity index (χ1) is 15.1. The van der Waals surface area contributed by atoms with Gasteiger partial charge in [-0.3, -0.25) is 19.3 Å². The number of aliphatic carboxylic acids is 1. The van der Waals surface area contributed by atoms with E-state index in [2.05, 4.69) is 0 Å². The first-order valence-electron chi connectivity index (χ1n) is 9.34. The minimum Gasteiger partial charge on any atom is -0.475 e. The van der Waals surface area contributed by atoms with Crippen LogP contribution in [0.25, 0.3) is 0 Å². The predicted octanol–water partition coefficient (Wildman–Crippen LogP) is -1.30. The zero-order valence-corrected chi connectivity index (χ0v) is 19.1. The van der Waals surface area contributed by atoms with E-state index in [1.807, 2.05) is 0 Å². The van der Waals surface area contributed by atoms with Gasteiger partial charge in [-0.05, 0) is 0 Å². The number of aliphatic hydroxyl groups is 1. The third-order valence-corrected chi connectivity index (χ3v) is 5.29. The number of carboxylic acids is 1. The van der Waals surface area contributed by atoms with E-state index >= 15 is 0 Å². The molecule has 3 fully saturated rings. The largest absolute Gasteiger partial charge is 0.490 e. The summed E-state index contributed by atoms with van der Waals surface area (Å²) >= 11 is 0. The molecule has 13 nitrogen and oxygen atoms in total. The average molecular weight is 507 g/mol. The molecule has 2 bridgehead atoms. The number of hydrogen-bond acceptors (Lipinski definition) is 10. The molecule has 4 unspecified atom stereocenters. The summed E-state index contributed by atoms with van der Waals surface area (Å²) < 4.78 is 56.6. The first-order valence-corrected chi connectivity index (χ1v) is 9.34. The lowest BCUT2D eigenvalue weighted by Gasteiger charge is -2.28. The van der Waals surface area contributed by atoms with Crippen molar-refractivity contribution in [2.75, 3.05) is 28.4 Å². The third-order valence-electron chi connectivity index (χ3n) is 5.29. The van der Waals surface area contributed by atoms with Crippen molar-refractivity contribution < 1.29 is 71.7 Å². The number of methoxy groups -OCH3 is 3.